The minimum atomic E-state index is -0.144. The van der Waals surface area contributed by atoms with Crippen molar-refractivity contribution in [1.82, 2.24) is 20.3 Å². The molecule has 0 aromatic carbocycles. The molecule has 0 radical (unpaired) electrons. The monoisotopic (exact) mass is 292 g/mol. The highest BCUT2D eigenvalue weighted by molar-refractivity contribution is 7.09. The third-order valence-corrected chi connectivity index (χ3v) is 4.16. The van der Waals surface area contributed by atoms with Crippen LogP contribution in [-0.4, -0.2) is 20.9 Å². The molecule has 1 amide bonds. The van der Waals surface area contributed by atoms with E-state index in [2.05, 4.69) is 34.1 Å². The van der Waals surface area contributed by atoms with Crippen molar-refractivity contribution in [2.45, 2.75) is 46.1 Å². The quantitative estimate of drug-likeness (QED) is 0.889. The summed E-state index contributed by atoms with van der Waals surface area (Å²) in [6.07, 6.45) is 2.55. The molecule has 0 saturated carbocycles. The Hall–Kier alpha value is -1.69. The average molecular weight is 292 g/mol. The third-order valence-electron chi connectivity index (χ3n) is 3.01. The van der Waals surface area contributed by atoms with Crippen LogP contribution in [0.25, 0.3) is 0 Å². The summed E-state index contributed by atoms with van der Waals surface area (Å²) in [5.74, 6) is 0.989. The summed E-state index contributed by atoms with van der Waals surface area (Å²) in [6.45, 7) is 8.10. The summed E-state index contributed by atoms with van der Waals surface area (Å²) in [6, 6.07) is -0.111. The fourth-order valence-corrected chi connectivity index (χ4v) is 2.68. The summed E-state index contributed by atoms with van der Waals surface area (Å²) in [4.78, 5) is 24.0. The van der Waals surface area contributed by atoms with E-state index in [-0.39, 0.29) is 11.9 Å². The van der Waals surface area contributed by atoms with Crippen LogP contribution in [0.3, 0.4) is 0 Å². The molecule has 2 aromatic heterocycles. The molecule has 0 aliphatic carbocycles. The summed E-state index contributed by atoms with van der Waals surface area (Å²) >= 11 is 1.53. The molecular weight excluding hydrogens is 272 g/mol. The number of H-pyrrole nitrogens is 1. The van der Waals surface area contributed by atoms with Gasteiger partial charge in [0.15, 0.2) is 0 Å². The number of nitrogens with zero attached hydrogens (tertiary/aromatic N) is 2. The van der Waals surface area contributed by atoms with Gasteiger partial charge in [-0.1, -0.05) is 20.8 Å². The van der Waals surface area contributed by atoms with Gasteiger partial charge in [-0.2, -0.15) is 0 Å². The Morgan fingerprint density at radius 1 is 1.50 bits per heavy atom. The van der Waals surface area contributed by atoms with Gasteiger partial charge in [-0.25, -0.2) is 9.97 Å². The molecule has 2 aromatic rings. The van der Waals surface area contributed by atoms with Crippen LogP contribution in [0.2, 0.25) is 0 Å². The van der Waals surface area contributed by atoms with Crippen molar-refractivity contribution < 1.29 is 4.79 Å². The lowest BCUT2D eigenvalue weighted by atomic mass is 10.2. The van der Waals surface area contributed by atoms with Crippen LogP contribution in [-0.2, 0) is 0 Å². The number of amides is 1. The van der Waals surface area contributed by atoms with Gasteiger partial charge in [0.05, 0.1) is 11.0 Å². The minimum absolute atomic E-state index is 0.111. The van der Waals surface area contributed by atoms with Crippen molar-refractivity contribution in [1.29, 1.82) is 0 Å². The first kappa shape index (κ1) is 14.7. The molecule has 1 atom stereocenters. The molecule has 1 unspecified atom stereocenters. The van der Waals surface area contributed by atoms with Gasteiger partial charge in [-0.3, -0.25) is 4.79 Å². The van der Waals surface area contributed by atoms with Crippen LogP contribution < -0.4 is 5.32 Å². The maximum atomic E-state index is 12.2. The summed E-state index contributed by atoms with van der Waals surface area (Å²) in [5, 5.41) is 5.77. The number of carbonyl (C=O) groups is 1. The van der Waals surface area contributed by atoms with E-state index in [1.165, 1.54) is 11.3 Å². The number of imidazole rings is 1. The molecule has 108 valence electrons. The first-order chi connectivity index (χ1) is 9.51. The molecule has 2 N–H and O–H groups in total. The molecular formula is C14H20N4OS. The molecule has 20 heavy (non-hydrogen) atoms. The van der Waals surface area contributed by atoms with Gasteiger partial charge in [0.1, 0.15) is 11.5 Å². The first-order valence-corrected chi connectivity index (χ1v) is 7.67. The van der Waals surface area contributed by atoms with Crippen LogP contribution in [0.1, 0.15) is 66.2 Å². The molecule has 5 nitrogen and oxygen atoms in total. The zero-order chi connectivity index (χ0) is 14.7. The van der Waals surface area contributed by atoms with Gasteiger partial charge in [0, 0.05) is 23.2 Å². The molecule has 0 aliphatic heterocycles. The average Bonchev–Trinajstić information content (AvgIpc) is 3.04. The Balaban J connectivity index is 2.08. The first-order valence-electron chi connectivity index (χ1n) is 6.79. The highest BCUT2D eigenvalue weighted by Crippen LogP contribution is 2.20. The maximum absolute atomic E-state index is 12.2. The van der Waals surface area contributed by atoms with E-state index in [0.29, 0.717) is 11.6 Å². The van der Waals surface area contributed by atoms with Gasteiger partial charge in [0.25, 0.3) is 5.91 Å². The fraction of sp³-hybridized carbons (Fsp3) is 0.500. The Bertz CT molecular complexity index is 588. The summed E-state index contributed by atoms with van der Waals surface area (Å²) in [5.41, 5.74) is 1.48. The number of aromatic nitrogens is 3. The van der Waals surface area contributed by atoms with Crippen molar-refractivity contribution in [2.75, 3.05) is 0 Å². The molecule has 0 saturated heterocycles. The lowest BCUT2D eigenvalue weighted by molar-refractivity contribution is 0.0929. The molecule has 0 fully saturated rings. The van der Waals surface area contributed by atoms with Gasteiger partial charge >= 0.3 is 0 Å². The van der Waals surface area contributed by atoms with Gasteiger partial charge < -0.3 is 10.3 Å². The van der Waals surface area contributed by atoms with Crippen LogP contribution in [0.5, 0.6) is 0 Å². The summed E-state index contributed by atoms with van der Waals surface area (Å²) in [7, 11) is 0. The largest absolute Gasteiger partial charge is 0.344 e. The van der Waals surface area contributed by atoms with Crippen LogP contribution in [0, 0.1) is 6.92 Å². The number of hydrogen-bond acceptors (Lipinski definition) is 4. The zero-order valence-corrected chi connectivity index (χ0v) is 13.0. The second kappa shape index (κ2) is 6.17. The van der Waals surface area contributed by atoms with Crippen molar-refractivity contribution in [3.63, 3.8) is 0 Å². The number of aryl methyl sites for hydroxylation is 1. The predicted molar refractivity (Wildman–Crippen MR) is 80.0 cm³/mol. The standard InChI is InChI=1S/C14H20N4OS/c1-5-10(12-15-6-9(4)16-12)17-13(19)11-7-20-14(18-11)8(2)3/h6-8,10H,5H2,1-4H3,(H,15,16)(H,17,19). The van der Waals surface area contributed by atoms with Gasteiger partial charge in [-0.05, 0) is 13.3 Å². The van der Waals surface area contributed by atoms with E-state index < -0.39 is 0 Å². The minimum Gasteiger partial charge on any atom is -0.344 e. The van der Waals surface area contributed by atoms with Crippen LogP contribution >= 0.6 is 11.3 Å². The molecule has 0 aliphatic rings. The number of aromatic amines is 1. The molecule has 6 heteroatoms. The SMILES string of the molecule is CCC(NC(=O)c1csc(C(C)C)n1)c1ncc(C)[nH]1. The third kappa shape index (κ3) is 3.25. The lowest BCUT2D eigenvalue weighted by Crippen LogP contribution is -2.29. The number of hydrogen-bond donors (Lipinski definition) is 2. The topological polar surface area (TPSA) is 70.7 Å². The van der Waals surface area contributed by atoms with Crippen LogP contribution in [0.15, 0.2) is 11.6 Å². The Morgan fingerprint density at radius 2 is 2.25 bits per heavy atom. The van der Waals surface area contributed by atoms with E-state index in [4.69, 9.17) is 0 Å². The number of rotatable bonds is 5. The molecule has 2 rings (SSSR count). The second-order valence-electron chi connectivity index (χ2n) is 5.11. The molecule has 0 spiro atoms. The number of thiazole rings is 1. The predicted octanol–water partition coefficient (Wildman–Crippen LogP) is 3.18. The van der Waals surface area contributed by atoms with E-state index in [9.17, 15) is 4.79 Å². The number of nitrogens with one attached hydrogen (secondary N) is 2. The second-order valence-corrected chi connectivity index (χ2v) is 6.00. The van der Waals surface area contributed by atoms with Gasteiger partial charge in [0.2, 0.25) is 0 Å². The Labute approximate surface area is 122 Å². The fourth-order valence-electron chi connectivity index (χ4n) is 1.86. The van der Waals surface area contributed by atoms with E-state index >= 15 is 0 Å². The Kier molecular flexibility index (Phi) is 4.54. The highest BCUT2D eigenvalue weighted by atomic mass is 32.1. The van der Waals surface area contributed by atoms with Crippen molar-refractivity contribution in [3.05, 3.63) is 33.8 Å². The van der Waals surface area contributed by atoms with E-state index in [1.54, 1.807) is 6.20 Å². The van der Waals surface area contributed by atoms with Crippen LogP contribution in [0.4, 0.5) is 0 Å². The molecule has 2 heterocycles. The highest BCUT2D eigenvalue weighted by Gasteiger charge is 2.19. The van der Waals surface area contributed by atoms with Crippen molar-refractivity contribution >= 4 is 17.2 Å². The summed E-state index contributed by atoms with van der Waals surface area (Å²) < 4.78 is 0. The van der Waals surface area contributed by atoms with Crippen molar-refractivity contribution in [2.24, 2.45) is 0 Å². The normalized spacial score (nSPS) is 12.7. The maximum Gasteiger partial charge on any atom is 0.271 e. The molecule has 0 bridgehead atoms. The zero-order valence-electron chi connectivity index (χ0n) is 12.2. The smallest absolute Gasteiger partial charge is 0.271 e. The van der Waals surface area contributed by atoms with Crippen molar-refractivity contribution in [3.8, 4) is 0 Å². The Morgan fingerprint density at radius 3 is 2.75 bits per heavy atom. The van der Waals surface area contributed by atoms with E-state index in [0.717, 1.165) is 22.9 Å². The van der Waals surface area contributed by atoms with Gasteiger partial charge in [-0.15, -0.1) is 11.3 Å². The lowest BCUT2D eigenvalue weighted by Gasteiger charge is -2.13. The van der Waals surface area contributed by atoms with E-state index in [1.807, 2.05) is 19.2 Å². The number of carbonyl (C=O) groups excluding carboxylic acids is 1.